The maximum atomic E-state index is 13.1. The van der Waals surface area contributed by atoms with Gasteiger partial charge in [-0.05, 0) is 75.4 Å². The number of anilines is 1. The van der Waals surface area contributed by atoms with Gasteiger partial charge in [0, 0.05) is 18.7 Å². The van der Waals surface area contributed by atoms with Crippen molar-refractivity contribution >= 4 is 17.5 Å². The standard InChI is InChI=1S/C23H26FN3O3/c1-15(25-22(28)16-7-9-17(24)10-8-16)18-11-12-20-19(26-18)5-4-13-27(20)23(29)21-6-2-3-14-30-21/h7-12,15,21H,2-6,13-14H2,1H3,(H,25,28). The predicted octanol–water partition coefficient (Wildman–Crippen LogP) is 3.56. The molecule has 2 unspecified atom stereocenters. The van der Waals surface area contributed by atoms with Crippen molar-refractivity contribution in [3.8, 4) is 0 Å². The number of amides is 2. The van der Waals surface area contributed by atoms with Gasteiger partial charge in [0.25, 0.3) is 11.8 Å². The van der Waals surface area contributed by atoms with Gasteiger partial charge in [0.1, 0.15) is 11.9 Å². The third kappa shape index (κ3) is 4.36. The van der Waals surface area contributed by atoms with Gasteiger partial charge in [-0.3, -0.25) is 14.6 Å². The number of benzene rings is 1. The number of hydrogen-bond donors (Lipinski definition) is 1. The quantitative estimate of drug-likeness (QED) is 0.835. The molecule has 4 rings (SSSR count). The first-order chi connectivity index (χ1) is 14.5. The van der Waals surface area contributed by atoms with Crippen LogP contribution in [-0.4, -0.2) is 36.1 Å². The minimum Gasteiger partial charge on any atom is -0.368 e. The van der Waals surface area contributed by atoms with Crippen LogP contribution in [0.15, 0.2) is 36.4 Å². The van der Waals surface area contributed by atoms with Crippen LogP contribution in [0.2, 0.25) is 0 Å². The van der Waals surface area contributed by atoms with E-state index >= 15 is 0 Å². The van der Waals surface area contributed by atoms with E-state index in [1.54, 1.807) is 4.90 Å². The van der Waals surface area contributed by atoms with Gasteiger partial charge in [-0.25, -0.2) is 4.39 Å². The summed E-state index contributed by atoms with van der Waals surface area (Å²) >= 11 is 0. The van der Waals surface area contributed by atoms with Gasteiger partial charge >= 0.3 is 0 Å². The summed E-state index contributed by atoms with van der Waals surface area (Å²) in [6.45, 7) is 3.17. The Morgan fingerprint density at radius 2 is 1.97 bits per heavy atom. The number of carbonyl (C=O) groups excluding carboxylic acids is 2. The van der Waals surface area contributed by atoms with Crippen molar-refractivity contribution in [3.05, 3.63) is 59.2 Å². The largest absolute Gasteiger partial charge is 0.368 e. The second kappa shape index (κ2) is 8.92. The second-order valence-corrected chi connectivity index (χ2v) is 7.85. The average Bonchev–Trinajstić information content (AvgIpc) is 2.78. The lowest BCUT2D eigenvalue weighted by molar-refractivity contribution is -0.132. The van der Waals surface area contributed by atoms with Gasteiger partial charge in [0.15, 0.2) is 0 Å². The van der Waals surface area contributed by atoms with E-state index in [1.807, 2.05) is 19.1 Å². The smallest absolute Gasteiger partial charge is 0.256 e. The highest BCUT2D eigenvalue weighted by molar-refractivity contribution is 5.97. The fraction of sp³-hybridized carbons (Fsp3) is 0.435. The molecule has 0 bridgehead atoms. The number of fused-ring (bicyclic) bond motifs is 1. The number of halogens is 1. The summed E-state index contributed by atoms with van der Waals surface area (Å²) < 4.78 is 18.7. The highest BCUT2D eigenvalue weighted by Gasteiger charge is 2.31. The number of hydrogen-bond acceptors (Lipinski definition) is 4. The van der Waals surface area contributed by atoms with Crippen molar-refractivity contribution in [2.24, 2.45) is 0 Å². The molecule has 1 saturated heterocycles. The molecule has 2 aliphatic rings. The third-order valence-corrected chi connectivity index (χ3v) is 5.68. The first-order valence-corrected chi connectivity index (χ1v) is 10.5. The summed E-state index contributed by atoms with van der Waals surface area (Å²) in [6.07, 6.45) is 4.06. The molecule has 6 nitrogen and oxygen atoms in total. The molecule has 1 N–H and O–H groups in total. The number of carbonyl (C=O) groups is 2. The van der Waals surface area contributed by atoms with Crippen LogP contribution in [-0.2, 0) is 16.0 Å². The molecule has 3 heterocycles. The van der Waals surface area contributed by atoms with Gasteiger partial charge in [-0.15, -0.1) is 0 Å². The molecular formula is C23H26FN3O3. The highest BCUT2D eigenvalue weighted by atomic mass is 19.1. The molecule has 0 spiro atoms. The molecule has 30 heavy (non-hydrogen) atoms. The Kier molecular flexibility index (Phi) is 6.08. The normalized spacial score (nSPS) is 19.7. The van der Waals surface area contributed by atoms with Crippen LogP contribution in [0.3, 0.4) is 0 Å². The Morgan fingerprint density at radius 1 is 1.17 bits per heavy atom. The Hall–Kier alpha value is -2.80. The van der Waals surface area contributed by atoms with Crippen LogP contribution in [0.4, 0.5) is 10.1 Å². The van der Waals surface area contributed by atoms with E-state index in [4.69, 9.17) is 9.72 Å². The lowest BCUT2D eigenvalue weighted by Crippen LogP contribution is -2.44. The maximum absolute atomic E-state index is 13.1. The molecule has 0 saturated carbocycles. The fourth-order valence-electron chi connectivity index (χ4n) is 4.00. The Bertz CT molecular complexity index is 926. The second-order valence-electron chi connectivity index (χ2n) is 7.85. The van der Waals surface area contributed by atoms with Gasteiger partial charge < -0.3 is 15.0 Å². The monoisotopic (exact) mass is 411 g/mol. The minimum absolute atomic E-state index is 0.0165. The van der Waals surface area contributed by atoms with Crippen LogP contribution < -0.4 is 10.2 Å². The number of ether oxygens (including phenoxy) is 1. The molecular weight excluding hydrogens is 385 g/mol. The lowest BCUT2D eigenvalue weighted by atomic mass is 10.0. The number of aromatic nitrogens is 1. The fourth-order valence-corrected chi connectivity index (χ4v) is 4.00. The van der Waals surface area contributed by atoms with Crippen molar-refractivity contribution in [2.45, 2.75) is 51.2 Å². The zero-order valence-electron chi connectivity index (χ0n) is 17.1. The van der Waals surface area contributed by atoms with Crippen LogP contribution in [0.1, 0.15) is 60.4 Å². The third-order valence-electron chi connectivity index (χ3n) is 5.68. The molecule has 2 aliphatic heterocycles. The number of nitrogens with one attached hydrogen (secondary N) is 1. The number of pyridine rings is 1. The molecule has 0 aliphatic carbocycles. The average molecular weight is 411 g/mol. The van der Waals surface area contributed by atoms with Crippen molar-refractivity contribution in [1.29, 1.82) is 0 Å². The number of nitrogens with zero attached hydrogens (tertiary/aromatic N) is 2. The molecule has 1 aromatic carbocycles. The zero-order valence-corrected chi connectivity index (χ0v) is 17.1. The van der Waals surface area contributed by atoms with Crippen LogP contribution >= 0.6 is 0 Å². The first kappa shape index (κ1) is 20.5. The van der Waals surface area contributed by atoms with Crippen LogP contribution in [0.25, 0.3) is 0 Å². The Labute approximate surface area is 175 Å². The highest BCUT2D eigenvalue weighted by Crippen LogP contribution is 2.29. The zero-order chi connectivity index (χ0) is 21.1. The van der Waals surface area contributed by atoms with E-state index in [-0.39, 0.29) is 29.8 Å². The first-order valence-electron chi connectivity index (χ1n) is 10.5. The van der Waals surface area contributed by atoms with Crippen molar-refractivity contribution in [2.75, 3.05) is 18.1 Å². The predicted molar refractivity (Wildman–Crippen MR) is 111 cm³/mol. The van der Waals surface area contributed by atoms with E-state index in [9.17, 15) is 14.0 Å². The molecule has 1 fully saturated rings. The van der Waals surface area contributed by atoms with Crippen molar-refractivity contribution in [3.63, 3.8) is 0 Å². The van der Waals surface area contributed by atoms with Gasteiger partial charge in [0.2, 0.25) is 0 Å². The number of rotatable bonds is 4. The summed E-state index contributed by atoms with van der Waals surface area (Å²) in [7, 11) is 0. The summed E-state index contributed by atoms with van der Waals surface area (Å²) in [5.74, 6) is -0.648. The summed E-state index contributed by atoms with van der Waals surface area (Å²) in [5, 5.41) is 2.90. The van der Waals surface area contributed by atoms with E-state index in [2.05, 4.69) is 5.32 Å². The van der Waals surface area contributed by atoms with E-state index < -0.39 is 0 Å². The molecule has 7 heteroatoms. The van der Waals surface area contributed by atoms with E-state index in [1.165, 1.54) is 24.3 Å². The molecule has 1 aromatic heterocycles. The summed E-state index contributed by atoms with van der Waals surface area (Å²) in [6, 6.07) is 8.88. The molecule has 2 amide bonds. The van der Waals surface area contributed by atoms with Gasteiger partial charge in [-0.2, -0.15) is 0 Å². The molecule has 2 aromatic rings. The van der Waals surface area contributed by atoms with Gasteiger partial charge in [0.05, 0.1) is 23.1 Å². The van der Waals surface area contributed by atoms with Gasteiger partial charge in [-0.1, -0.05) is 0 Å². The topological polar surface area (TPSA) is 71.5 Å². The molecule has 158 valence electrons. The minimum atomic E-state index is -0.381. The van der Waals surface area contributed by atoms with E-state index in [0.717, 1.165) is 49.2 Å². The van der Waals surface area contributed by atoms with Crippen LogP contribution in [0, 0.1) is 5.82 Å². The molecule has 2 atom stereocenters. The summed E-state index contributed by atoms with van der Waals surface area (Å²) in [4.78, 5) is 31.9. The Balaban J connectivity index is 1.48. The van der Waals surface area contributed by atoms with E-state index in [0.29, 0.717) is 18.7 Å². The lowest BCUT2D eigenvalue weighted by Gasteiger charge is -2.33. The summed E-state index contributed by atoms with van der Waals surface area (Å²) in [5.41, 5.74) is 2.82. The molecule has 0 radical (unpaired) electrons. The van der Waals surface area contributed by atoms with Crippen molar-refractivity contribution < 1.29 is 18.7 Å². The van der Waals surface area contributed by atoms with Crippen molar-refractivity contribution in [1.82, 2.24) is 10.3 Å². The maximum Gasteiger partial charge on any atom is 0.256 e. The SMILES string of the molecule is CC(NC(=O)c1ccc(F)cc1)c1ccc2c(n1)CCCN2C(=O)C1CCCCO1. The van der Waals surface area contributed by atoms with Crippen LogP contribution in [0.5, 0.6) is 0 Å². The Morgan fingerprint density at radius 3 is 2.70 bits per heavy atom. The number of aryl methyl sites for hydroxylation is 1.